The number of carbonyl (C=O) groups is 2. The van der Waals surface area contributed by atoms with Crippen molar-refractivity contribution >= 4 is 21.7 Å². The molecule has 4 unspecified atom stereocenters. The van der Waals surface area contributed by atoms with E-state index in [1.807, 2.05) is 6.92 Å². The van der Waals surface area contributed by atoms with Gasteiger partial charge in [0.15, 0.2) is 9.84 Å². The van der Waals surface area contributed by atoms with Crippen LogP contribution in [0.15, 0.2) is 0 Å². The van der Waals surface area contributed by atoms with Crippen LogP contribution in [0.2, 0.25) is 0 Å². The summed E-state index contributed by atoms with van der Waals surface area (Å²) in [5.74, 6) is -1.98. The highest BCUT2D eigenvalue weighted by Crippen LogP contribution is 2.38. The second-order valence-electron chi connectivity index (χ2n) is 6.26. The maximum Gasteiger partial charge on any atom is 0.307 e. The van der Waals surface area contributed by atoms with Crippen LogP contribution in [0.3, 0.4) is 0 Å². The van der Waals surface area contributed by atoms with E-state index in [1.165, 1.54) is 0 Å². The minimum atomic E-state index is -3.08. The molecule has 2 rings (SSSR count). The van der Waals surface area contributed by atoms with Gasteiger partial charge in [-0.2, -0.15) is 0 Å². The predicted molar refractivity (Wildman–Crippen MR) is 77.4 cm³/mol. The lowest BCUT2D eigenvalue weighted by atomic mass is 9.95. The number of amides is 1. The lowest BCUT2D eigenvalue weighted by Gasteiger charge is -2.25. The number of rotatable bonds is 4. The molecule has 4 atom stereocenters. The van der Waals surface area contributed by atoms with Crippen molar-refractivity contribution in [2.45, 2.75) is 45.1 Å². The van der Waals surface area contributed by atoms with Crippen molar-refractivity contribution in [2.75, 3.05) is 11.5 Å². The summed E-state index contributed by atoms with van der Waals surface area (Å²) in [4.78, 5) is 23.6. The first kappa shape index (κ1) is 16.3. The first-order valence-corrected chi connectivity index (χ1v) is 9.38. The lowest BCUT2D eigenvalue weighted by molar-refractivity contribution is -0.146. The molecule has 7 heteroatoms. The Kier molecular flexibility index (Phi) is 4.91. The molecule has 21 heavy (non-hydrogen) atoms. The highest BCUT2D eigenvalue weighted by molar-refractivity contribution is 7.91. The number of carboxylic acids is 1. The number of sulfone groups is 1. The molecule has 0 bridgehead atoms. The number of hydrogen-bond donors (Lipinski definition) is 2. The van der Waals surface area contributed by atoms with E-state index < -0.39 is 27.6 Å². The zero-order valence-corrected chi connectivity index (χ0v) is 13.1. The van der Waals surface area contributed by atoms with Gasteiger partial charge in [0, 0.05) is 6.04 Å². The van der Waals surface area contributed by atoms with Crippen LogP contribution < -0.4 is 5.32 Å². The smallest absolute Gasteiger partial charge is 0.307 e. The van der Waals surface area contributed by atoms with E-state index in [0.29, 0.717) is 25.7 Å². The summed E-state index contributed by atoms with van der Waals surface area (Å²) in [6, 6.07) is -0.369. The molecular weight excluding hydrogens is 294 g/mol. The minimum absolute atomic E-state index is 0.0274. The molecule has 0 aromatic heterocycles. The number of nitrogens with one attached hydrogen (secondary N) is 1. The largest absolute Gasteiger partial charge is 0.481 e. The molecular formula is C14H23NO5S. The van der Waals surface area contributed by atoms with E-state index in [9.17, 15) is 23.1 Å². The SMILES string of the molecule is CCC1CC(C(=O)O)C(C(=O)NC2CCCS(=O)(=O)C2)C1. The molecule has 0 radical (unpaired) electrons. The standard InChI is InChI=1S/C14H23NO5S/c1-2-9-6-11(12(7-9)14(17)18)13(16)15-10-4-3-5-21(19,20)8-10/h9-12H,2-8H2,1H3,(H,15,16)(H,17,18). The van der Waals surface area contributed by atoms with Crippen molar-refractivity contribution in [1.29, 1.82) is 0 Å². The van der Waals surface area contributed by atoms with Gasteiger partial charge < -0.3 is 10.4 Å². The Balaban J connectivity index is 2.00. The Morgan fingerprint density at radius 1 is 1.24 bits per heavy atom. The van der Waals surface area contributed by atoms with Crippen LogP contribution in [0.25, 0.3) is 0 Å². The average Bonchev–Trinajstić information content (AvgIpc) is 2.81. The fourth-order valence-electron chi connectivity index (χ4n) is 3.48. The van der Waals surface area contributed by atoms with Gasteiger partial charge in [-0.3, -0.25) is 9.59 Å². The van der Waals surface area contributed by atoms with Crippen LogP contribution in [0.5, 0.6) is 0 Å². The molecule has 1 saturated carbocycles. The molecule has 0 aromatic rings. The Bertz CT molecular complexity index is 515. The molecule has 1 heterocycles. The third-order valence-corrected chi connectivity index (χ3v) is 6.52. The highest BCUT2D eigenvalue weighted by Gasteiger charge is 2.42. The Labute approximate surface area is 125 Å². The second kappa shape index (κ2) is 6.34. The number of carboxylic acid groups (broad SMARTS) is 1. The van der Waals surface area contributed by atoms with Crippen molar-refractivity contribution in [1.82, 2.24) is 5.32 Å². The molecule has 1 amide bonds. The zero-order chi connectivity index (χ0) is 15.6. The fraction of sp³-hybridized carbons (Fsp3) is 0.857. The van der Waals surface area contributed by atoms with Gasteiger partial charge in [0.1, 0.15) is 0 Å². The molecule has 120 valence electrons. The number of aliphatic carboxylic acids is 1. The minimum Gasteiger partial charge on any atom is -0.481 e. The van der Waals surface area contributed by atoms with E-state index in [4.69, 9.17) is 0 Å². The Hall–Kier alpha value is -1.11. The van der Waals surface area contributed by atoms with E-state index in [-0.39, 0.29) is 29.4 Å². The van der Waals surface area contributed by atoms with Crippen molar-refractivity contribution in [3.8, 4) is 0 Å². The molecule has 1 aliphatic carbocycles. The highest BCUT2D eigenvalue weighted by atomic mass is 32.2. The van der Waals surface area contributed by atoms with Crippen molar-refractivity contribution < 1.29 is 23.1 Å². The van der Waals surface area contributed by atoms with Gasteiger partial charge >= 0.3 is 5.97 Å². The Morgan fingerprint density at radius 3 is 2.48 bits per heavy atom. The van der Waals surface area contributed by atoms with Gasteiger partial charge in [0.05, 0.1) is 23.3 Å². The molecule has 1 aliphatic heterocycles. The van der Waals surface area contributed by atoms with Gasteiger partial charge in [-0.1, -0.05) is 13.3 Å². The van der Waals surface area contributed by atoms with Crippen LogP contribution in [-0.4, -0.2) is 42.9 Å². The number of carbonyl (C=O) groups excluding carboxylic acids is 1. The van der Waals surface area contributed by atoms with Gasteiger partial charge in [-0.05, 0) is 31.6 Å². The summed E-state index contributed by atoms with van der Waals surface area (Å²) in [6.45, 7) is 2.00. The van der Waals surface area contributed by atoms with Gasteiger partial charge in [-0.25, -0.2) is 8.42 Å². The van der Waals surface area contributed by atoms with Gasteiger partial charge in [0.2, 0.25) is 5.91 Å². The van der Waals surface area contributed by atoms with Crippen LogP contribution in [0.1, 0.15) is 39.0 Å². The molecule has 0 spiro atoms. The van der Waals surface area contributed by atoms with Crippen LogP contribution in [-0.2, 0) is 19.4 Å². The third kappa shape index (κ3) is 3.96. The summed E-state index contributed by atoms with van der Waals surface area (Å²) in [5.41, 5.74) is 0. The summed E-state index contributed by atoms with van der Waals surface area (Å²) in [7, 11) is -3.08. The molecule has 1 saturated heterocycles. The maximum atomic E-state index is 12.3. The predicted octanol–water partition coefficient (Wildman–Crippen LogP) is 0.817. The van der Waals surface area contributed by atoms with Crippen LogP contribution in [0.4, 0.5) is 0 Å². The van der Waals surface area contributed by atoms with Crippen molar-refractivity contribution in [3.63, 3.8) is 0 Å². The first-order chi connectivity index (χ1) is 9.82. The molecule has 2 fully saturated rings. The van der Waals surface area contributed by atoms with Crippen LogP contribution in [0, 0.1) is 17.8 Å². The quantitative estimate of drug-likeness (QED) is 0.799. The summed E-state index contributed by atoms with van der Waals surface area (Å²) in [5, 5.41) is 12.0. The average molecular weight is 317 g/mol. The van der Waals surface area contributed by atoms with E-state index in [2.05, 4.69) is 5.32 Å². The summed E-state index contributed by atoms with van der Waals surface area (Å²) in [6.07, 6.45) is 3.18. The van der Waals surface area contributed by atoms with E-state index in [0.717, 1.165) is 6.42 Å². The van der Waals surface area contributed by atoms with Crippen molar-refractivity contribution in [2.24, 2.45) is 17.8 Å². The molecule has 2 aliphatic rings. The third-order valence-electron chi connectivity index (χ3n) is 4.70. The van der Waals surface area contributed by atoms with E-state index >= 15 is 0 Å². The fourth-order valence-corrected chi connectivity index (χ4v) is 5.12. The maximum absolute atomic E-state index is 12.3. The second-order valence-corrected chi connectivity index (χ2v) is 8.49. The summed E-state index contributed by atoms with van der Waals surface area (Å²) >= 11 is 0. The zero-order valence-electron chi connectivity index (χ0n) is 12.2. The van der Waals surface area contributed by atoms with Crippen LogP contribution >= 0.6 is 0 Å². The van der Waals surface area contributed by atoms with Gasteiger partial charge in [-0.15, -0.1) is 0 Å². The topological polar surface area (TPSA) is 101 Å². The molecule has 6 nitrogen and oxygen atoms in total. The van der Waals surface area contributed by atoms with Crippen molar-refractivity contribution in [3.05, 3.63) is 0 Å². The van der Waals surface area contributed by atoms with Gasteiger partial charge in [0.25, 0.3) is 0 Å². The molecule has 0 aromatic carbocycles. The first-order valence-electron chi connectivity index (χ1n) is 7.56. The van der Waals surface area contributed by atoms with E-state index in [1.54, 1.807) is 0 Å². The summed E-state index contributed by atoms with van der Waals surface area (Å²) < 4.78 is 23.2. The monoisotopic (exact) mass is 317 g/mol. The normalized spacial score (nSPS) is 35.3. The number of hydrogen-bond acceptors (Lipinski definition) is 4. The Morgan fingerprint density at radius 2 is 1.90 bits per heavy atom. The molecule has 2 N–H and O–H groups in total. The lowest BCUT2D eigenvalue weighted by Crippen LogP contribution is -2.46.